The molecular formula is C11H13NO3S. The van der Waals surface area contributed by atoms with Crippen molar-refractivity contribution in [1.82, 2.24) is 5.32 Å². The van der Waals surface area contributed by atoms with E-state index in [1.54, 1.807) is 0 Å². The first-order valence-corrected chi connectivity index (χ1v) is 6.07. The minimum absolute atomic E-state index is 0.204. The van der Waals surface area contributed by atoms with Gasteiger partial charge in [-0.25, -0.2) is 4.79 Å². The van der Waals surface area contributed by atoms with Crippen molar-refractivity contribution in [1.29, 1.82) is 0 Å². The van der Waals surface area contributed by atoms with Crippen LogP contribution in [-0.4, -0.2) is 22.5 Å². The molecule has 1 heterocycles. The number of carboxylic acids is 1. The van der Waals surface area contributed by atoms with Gasteiger partial charge >= 0.3 is 5.97 Å². The van der Waals surface area contributed by atoms with E-state index in [4.69, 9.17) is 5.11 Å². The zero-order valence-electron chi connectivity index (χ0n) is 8.73. The molecule has 0 aromatic carbocycles. The van der Waals surface area contributed by atoms with Crippen molar-refractivity contribution in [2.24, 2.45) is 0 Å². The molecule has 86 valence electrons. The summed E-state index contributed by atoms with van der Waals surface area (Å²) in [6.45, 7) is 0. The maximum absolute atomic E-state index is 11.7. The molecule has 16 heavy (non-hydrogen) atoms. The number of carboxylic acid groups (broad SMARTS) is 1. The number of hydrogen-bond donors (Lipinski definition) is 2. The summed E-state index contributed by atoms with van der Waals surface area (Å²) < 4.78 is 0. The number of rotatable bonds is 4. The molecule has 1 aromatic rings. The van der Waals surface area contributed by atoms with Gasteiger partial charge in [0.05, 0.1) is 6.42 Å². The lowest BCUT2D eigenvalue weighted by molar-refractivity contribution is -0.151. The van der Waals surface area contributed by atoms with Gasteiger partial charge in [0, 0.05) is 4.88 Å². The van der Waals surface area contributed by atoms with E-state index < -0.39 is 11.5 Å². The summed E-state index contributed by atoms with van der Waals surface area (Å²) in [5.41, 5.74) is -0.992. The predicted molar refractivity (Wildman–Crippen MR) is 60.4 cm³/mol. The molecule has 2 rings (SSSR count). The molecule has 5 heteroatoms. The molecule has 1 fully saturated rings. The largest absolute Gasteiger partial charge is 0.480 e. The minimum atomic E-state index is -0.992. The van der Waals surface area contributed by atoms with Gasteiger partial charge in [0.15, 0.2) is 0 Å². The van der Waals surface area contributed by atoms with E-state index in [1.807, 2.05) is 17.5 Å². The topological polar surface area (TPSA) is 66.4 Å². The Hall–Kier alpha value is -1.36. The third-order valence-electron chi connectivity index (χ3n) is 2.91. The maximum atomic E-state index is 11.7. The van der Waals surface area contributed by atoms with Gasteiger partial charge in [-0.1, -0.05) is 6.07 Å². The van der Waals surface area contributed by atoms with Gasteiger partial charge in [0.25, 0.3) is 0 Å². The molecule has 0 spiro atoms. The lowest BCUT2D eigenvalue weighted by Crippen LogP contribution is -2.59. The number of amides is 1. The van der Waals surface area contributed by atoms with Crippen molar-refractivity contribution < 1.29 is 14.7 Å². The van der Waals surface area contributed by atoms with E-state index in [2.05, 4.69) is 5.32 Å². The van der Waals surface area contributed by atoms with Crippen LogP contribution in [0, 0.1) is 0 Å². The van der Waals surface area contributed by atoms with E-state index in [1.165, 1.54) is 11.3 Å². The summed E-state index contributed by atoms with van der Waals surface area (Å²) in [5.74, 6) is -1.12. The normalized spacial score (nSPS) is 17.5. The van der Waals surface area contributed by atoms with Crippen molar-refractivity contribution in [3.63, 3.8) is 0 Å². The third kappa shape index (κ3) is 2.09. The number of thiophene rings is 1. The molecule has 2 N–H and O–H groups in total. The highest BCUT2D eigenvalue weighted by molar-refractivity contribution is 7.10. The van der Waals surface area contributed by atoms with Crippen molar-refractivity contribution >= 4 is 23.2 Å². The summed E-state index contributed by atoms with van der Waals surface area (Å²) in [6, 6.07) is 3.75. The molecular weight excluding hydrogens is 226 g/mol. The number of hydrogen-bond acceptors (Lipinski definition) is 3. The Morgan fingerprint density at radius 2 is 2.25 bits per heavy atom. The van der Waals surface area contributed by atoms with E-state index in [0.717, 1.165) is 11.3 Å². The molecule has 1 saturated carbocycles. The van der Waals surface area contributed by atoms with Crippen LogP contribution >= 0.6 is 11.3 Å². The Kier molecular flexibility index (Phi) is 2.96. The van der Waals surface area contributed by atoms with E-state index in [0.29, 0.717) is 12.8 Å². The molecule has 0 aliphatic heterocycles. The van der Waals surface area contributed by atoms with E-state index in [-0.39, 0.29) is 12.3 Å². The quantitative estimate of drug-likeness (QED) is 0.835. The Labute approximate surface area is 97.3 Å². The lowest BCUT2D eigenvalue weighted by Gasteiger charge is -2.38. The van der Waals surface area contributed by atoms with Crippen molar-refractivity contribution in [2.45, 2.75) is 31.2 Å². The zero-order chi connectivity index (χ0) is 11.6. The standard InChI is InChI=1S/C11H13NO3S/c13-9(7-8-3-1-6-16-8)12-11(10(14)15)4-2-5-11/h1,3,6H,2,4-5,7H2,(H,12,13)(H,14,15). The van der Waals surface area contributed by atoms with Crippen molar-refractivity contribution in [2.75, 3.05) is 0 Å². The minimum Gasteiger partial charge on any atom is -0.480 e. The molecule has 1 amide bonds. The van der Waals surface area contributed by atoms with Crippen molar-refractivity contribution in [3.8, 4) is 0 Å². The second-order valence-corrected chi connectivity index (χ2v) is 5.08. The molecule has 1 aliphatic rings. The van der Waals surface area contributed by atoms with Crippen LogP contribution in [-0.2, 0) is 16.0 Å². The Morgan fingerprint density at radius 1 is 1.50 bits per heavy atom. The van der Waals surface area contributed by atoms with Crippen LogP contribution in [0.3, 0.4) is 0 Å². The van der Waals surface area contributed by atoms with Gasteiger partial charge in [0.1, 0.15) is 5.54 Å². The van der Waals surface area contributed by atoms with Crippen LogP contribution in [0.5, 0.6) is 0 Å². The highest BCUT2D eigenvalue weighted by Crippen LogP contribution is 2.32. The molecule has 0 atom stereocenters. The number of nitrogens with one attached hydrogen (secondary N) is 1. The zero-order valence-corrected chi connectivity index (χ0v) is 9.55. The van der Waals surface area contributed by atoms with Crippen LogP contribution in [0.15, 0.2) is 17.5 Å². The van der Waals surface area contributed by atoms with Crippen LogP contribution in [0.1, 0.15) is 24.1 Å². The average Bonchev–Trinajstić information content (AvgIpc) is 2.63. The van der Waals surface area contributed by atoms with Gasteiger partial charge in [-0.05, 0) is 30.7 Å². The summed E-state index contributed by atoms with van der Waals surface area (Å²) in [4.78, 5) is 23.6. The summed E-state index contributed by atoms with van der Waals surface area (Å²) in [5, 5.41) is 13.6. The summed E-state index contributed by atoms with van der Waals surface area (Å²) in [6.07, 6.45) is 2.22. The third-order valence-corrected chi connectivity index (χ3v) is 3.79. The van der Waals surface area contributed by atoms with E-state index >= 15 is 0 Å². The van der Waals surface area contributed by atoms with Crippen LogP contribution in [0.2, 0.25) is 0 Å². The van der Waals surface area contributed by atoms with Crippen molar-refractivity contribution in [3.05, 3.63) is 22.4 Å². The second-order valence-electron chi connectivity index (χ2n) is 4.05. The van der Waals surface area contributed by atoms with Crippen LogP contribution < -0.4 is 5.32 Å². The van der Waals surface area contributed by atoms with Crippen LogP contribution in [0.4, 0.5) is 0 Å². The fourth-order valence-electron chi connectivity index (χ4n) is 1.81. The Morgan fingerprint density at radius 3 is 2.69 bits per heavy atom. The van der Waals surface area contributed by atoms with Crippen LogP contribution in [0.25, 0.3) is 0 Å². The summed E-state index contributed by atoms with van der Waals surface area (Å²) >= 11 is 1.50. The highest BCUT2D eigenvalue weighted by atomic mass is 32.1. The van der Waals surface area contributed by atoms with Gasteiger partial charge < -0.3 is 10.4 Å². The fourth-order valence-corrected chi connectivity index (χ4v) is 2.51. The number of carbonyl (C=O) groups is 2. The smallest absolute Gasteiger partial charge is 0.329 e. The predicted octanol–water partition coefficient (Wildman–Crippen LogP) is 1.41. The molecule has 0 bridgehead atoms. The van der Waals surface area contributed by atoms with Gasteiger partial charge in [-0.15, -0.1) is 11.3 Å². The lowest BCUT2D eigenvalue weighted by atomic mass is 9.76. The molecule has 1 aromatic heterocycles. The Bertz CT molecular complexity index is 395. The molecule has 0 saturated heterocycles. The number of aliphatic carboxylic acids is 1. The fraction of sp³-hybridized carbons (Fsp3) is 0.455. The monoisotopic (exact) mass is 239 g/mol. The molecule has 4 nitrogen and oxygen atoms in total. The average molecular weight is 239 g/mol. The summed E-state index contributed by atoms with van der Waals surface area (Å²) in [7, 11) is 0. The van der Waals surface area contributed by atoms with Gasteiger partial charge in [-0.3, -0.25) is 4.79 Å². The highest BCUT2D eigenvalue weighted by Gasteiger charge is 2.45. The molecule has 1 aliphatic carbocycles. The van der Waals surface area contributed by atoms with Gasteiger partial charge in [0.2, 0.25) is 5.91 Å². The number of carbonyl (C=O) groups excluding carboxylic acids is 1. The van der Waals surface area contributed by atoms with Gasteiger partial charge in [-0.2, -0.15) is 0 Å². The molecule has 0 unspecified atom stereocenters. The first-order valence-electron chi connectivity index (χ1n) is 5.19. The Balaban J connectivity index is 1.94. The van der Waals surface area contributed by atoms with E-state index in [9.17, 15) is 9.59 Å². The SMILES string of the molecule is O=C(Cc1cccs1)NC1(C(=O)O)CCC1. The first-order chi connectivity index (χ1) is 7.62. The first kappa shape index (κ1) is 11.1. The maximum Gasteiger partial charge on any atom is 0.329 e. The molecule has 0 radical (unpaired) electrons. The second kappa shape index (κ2) is 4.25.